The predicted molar refractivity (Wildman–Crippen MR) is 84.8 cm³/mol. The molecule has 106 valence electrons. The third kappa shape index (κ3) is 6.32. The van der Waals surface area contributed by atoms with E-state index in [1.807, 2.05) is 19.9 Å². The first-order chi connectivity index (χ1) is 9.12. The van der Waals surface area contributed by atoms with E-state index < -0.39 is 0 Å². The van der Waals surface area contributed by atoms with Gasteiger partial charge in [-0.2, -0.15) is 0 Å². The molecular weight excluding hydrogens is 234 g/mol. The second kappa shape index (κ2) is 10.5. The Morgan fingerprint density at radius 2 is 2.05 bits per heavy atom. The van der Waals surface area contributed by atoms with E-state index in [2.05, 4.69) is 31.5 Å². The summed E-state index contributed by atoms with van der Waals surface area (Å²) in [5.41, 5.74) is 2.88. The number of aliphatic imine (C=N–C) groups is 1. The highest BCUT2D eigenvalue weighted by Crippen LogP contribution is 2.23. The van der Waals surface area contributed by atoms with Crippen LogP contribution in [0.15, 0.2) is 40.9 Å². The SMILES string of the molecule is C=CC=CCC[C@@H](C)/C(CC)=C(/C=O)C(C)=NCC. The molecule has 1 atom stereocenters. The molecule has 0 aromatic carbocycles. The van der Waals surface area contributed by atoms with Crippen molar-refractivity contribution in [1.29, 1.82) is 0 Å². The van der Waals surface area contributed by atoms with Crippen molar-refractivity contribution < 1.29 is 4.79 Å². The number of carbonyl (C=O) groups is 1. The van der Waals surface area contributed by atoms with E-state index in [4.69, 9.17) is 0 Å². The molecule has 2 heteroatoms. The summed E-state index contributed by atoms with van der Waals surface area (Å²) < 4.78 is 0. The molecule has 0 radical (unpaired) electrons. The van der Waals surface area contributed by atoms with E-state index in [1.165, 1.54) is 5.57 Å². The zero-order valence-electron chi connectivity index (χ0n) is 12.8. The summed E-state index contributed by atoms with van der Waals surface area (Å²) in [5, 5.41) is 0. The summed E-state index contributed by atoms with van der Waals surface area (Å²) in [7, 11) is 0. The highest BCUT2D eigenvalue weighted by molar-refractivity contribution is 6.14. The lowest BCUT2D eigenvalue weighted by atomic mass is 9.88. The summed E-state index contributed by atoms with van der Waals surface area (Å²) in [6.07, 6.45) is 9.78. The Morgan fingerprint density at radius 3 is 2.53 bits per heavy atom. The van der Waals surface area contributed by atoms with Crippen molar-refractivity contribution in [3.8, 4) is 0 Å². The van der Waals surface area contributed by atoms with Gasteiger partial charge in [0.25, 0.3) is 0 Å². The van der Waals surface area contributed by atoms with Crippen molar-refractivity contribution in [1.82, 2.24) is 0 Å². The largest absolute Gasteiger partial charge is 0.298 e. The summed E-state index contributed by atoms with van der Waals surface area (Å²) in [4.78, 5) is 15.7. The summed E-state index contributed by atoms with van der Waals surface area (Å²) in [6.45, 7) is 12.6. The molecule has 0 saturated heterocycles. The first kappa shape index (κ1) is 17.6. The van der Waals surface area contributed by atoms with Crippen LogP contribution >= 0.6 is 0 Å². The van der Waals surface area contributed by atoms with Crippen LogP contribution in [-0.4, -0.2) is 18.5 Å². The molecule has 0 N–H and O–H groups in total. The number of rotatable bonds is 9. The maximum Gasteiger partial charge on any atom is 0.151 e. The van der Waals surface area contributed by atoms with E-state index in [1.54, 1.807) is 6.08 Å². The zero-order chi connectivity index (χ0) is 14.7. The predicted octanol–water partition coefficient (Wildman–Crippen LogP) is 4.53. The standard InChI is InChI=1S/C17H27NO/c1-6-9-10-11-12-14(4)16(7-2)17(13-19)15(5)18-8-3/h6,9-10,13-14H,1,7-8,11-12H2,2-5H3/b10-9?,17-16-,18-15?/t14-/m1/s1. The molecule has 0 spiro atoms. The molecule has 0 aromatic rings. The topological polar surface area (TPSA) is 29.4 Å². The molecule has 0 heterocycles. The number of allylic oxidation sites excluding steroid dienone is 5. The van der Waals surface area contributed by atoms with Crippen LogP contribution in [0.1, 0.15) is 47.0 Å². The molecular formula is C17H27NO. The zero-order valence-corrected chi connectivity index (χ0v) is 12.8. The fourth-order valence-electron chi connectivity index (χ4n) is 2.23. The summed E-state index contributed by atoms with van der Waals surface area (Å²) >= 11 is 0. The average molecular weight is 261 g/mol. The molecule has 0 amide bonds. The van der Waals surface area contributed by atoms with Crippen LogP contribution < -0.4 is 0 Å². The molecule has 0 aromatic heterocycles. The van der Waals surface area contributed by atoms with Gasteiger partial charge in [0.05, 0.1) is 0 Å². The molecule has 19 heavy (non-hydrogen) atoms. The Morgan fingerprint density at radius 1 is 1.37 bits per heavy atom. The minimum Gasteiger partial charge on any atom is -0.298 e. The maximum absolute atomic E-state index is 11.3. The number of aldehydes is 1. The highest BCUT2D eigenvalue weighted by Gasteiger charge is 2.13. The van der Waals surface area contributed by atoms with E-state index in [9.17, 15) is 4.79 Å². The monoisotopic (exact) mass is 261 g/mol. The quantitative estimate of drug-likeness (QED) is 0.259. The lowest BCUT2D eigenvalue weighted by molar-refractivity contribution is -0.104. The van der Waals surface area contributed by atoms with Gasteiger partial charge >= 0.3 is 0 Å². The third-order valence-electron chi connectivity index (χ3n) is 3.26. The smallest absolute Gasteiger partial charge is 0.151 e. The molecule has 0 unspecified atom stereocenters. The number of nitrogens with zero attached hydrogens (tertiary/aromatic N) is 1. The van der Waals surface area contributed by atoms with Crippen molar-refractivity contribution in [2.45, 2.75) is 47.0 Å². The average Bonchev–Trinajstić information content (AvgIpc) is 2.40. The van der Waals surface area contributed by atoms with Crippen molar-refractivity contribution >= 4 is 12.0 Å². The van der Waals surface area contributed by atoms with Gasteiger partial charge < -0.3 is 0 Å². The van der Waals surface area contributed by atoms with Gasteiger partial charge in [-0.05, 0) is 39.0 Å². The number of carbonyl (C=O) groups excluding carboxylic acids is 1. The van der Waals surface area contributed by atoms with Crippen molar-refractivity contribution in [2.75, 3.05) is 6.54 Å². The molecule has 0 rings (SSSR count). The summed E-state index contributed by atoms with van der Waals surface area (Å²) in [5.74, 6) is 0.404. The van der Waals surface area contributed by atoms with Gasteiger partial charge in [0.2, 0.25) is 0 Å². The molecule has 0 aliphatic rings. The van der Waals surface area contributed by atoms with Gasteiger partial charge in [-0.1, -0.05) is 44.2 Å². The molecule has 2 nitrogen and oxygen atoms in total. The molecule has 0 bridgehead atoms. The van der Waals surface area contributed by atoms with Crippen LogP contribution in [0.2, 0.25) is 0 Å². The van der Waals surface area contributed by atoms with E-state index in [-0.39, 0.29) is 0 Å². The molecule has 0 aliphatic heterocycles. The first-order valence-corrected chi connectivity index (χ1v) is 7.09. The van der Waals surface area contributed by atoms with Crippen LogP contribution in [0.4, 0.5) is 0 Å². The van der Waals surface area contributed by atoms with Gasteiger partial charge in [-0.25, -0.2) is 0 Å². The van der Waals surface area contributed by atoms with E-state index in [0.29, 0.717) is 5.92 Å². The highest BCUT2D eigenvalue weighted by atomic mass is 16.1. The Hall–Kier alpha value is -1.44. The minimum atomic E-state index is 0.404. The van der Waals surface area contributed by atoms with Gasteiger partial charge in [0, 0.05) is 17.8 Å². The van der Waals surface area contributed by atoms with Crippen molar-refractivity contribution in [3.63, 3.8) is 0 Å². The van der Waals surface area contributed by atoms with Crippen molar-refractivity contribution in [3.05, 3.63) is 36.0 Å². The number of hydrogen-bond donors (Lipinski definition) is 0. The van der Waals surface area contributed by atoms with Crippen LogP contribution in [0.25, 0.3) is 0 Å². The van der Waals surface area contributed by atoms with Gasteiger partial charge in [-0.15, -0.1) is 0 Å². The van der Waals surface area contributed by atoms with Gasteiger partial charge in [0.15, 0.2) is 6.29 Å². The molecule has 0 fully saturated rings. The fraction of sp³-hybridized carbons (Fsp3) is 0.529. The normalized spacial score (nSPS) is 15.3. The molecule has 0 saturated carbocycles. The van der Waals surface area contributed by atoms with E-state index >= 15 is 0 Å². The minimum absolute atomic E-state index is 0.404. The van der Waals surface area contributed by atoms with Crippen LogP contribution in [0.3, 0.4) is 0 Å². The van der Waals surface area contributed by atoms with Crippen LogP contribution in [0.5, 0.6) is 0 Å². The van der Waals surface area contributed by atoms with Gasteiger partial charge in [0.1, 0.15) is 0 Å². The van der Waals surface area contributed by atoms with Gasteiger partial charge in [-0.3, -0.25) is 9.79 Å². The number of hydrogen-bond acceptors (Lipinski definition) is 2. The second-order valence-corrected chi connectivity index (χ2v) is 4.61. The Bertz CT molecular complexity index is 375. The Labute approximate surface area is 118 Å². The van der Waals surface area contributed by atoms with Crippen LogP contribution in [-0.2, 0) is 4.79 Å². The maximum atomic E-state index is 11.3. The van der Waals surface area contributed by atoms with Crippen molar-refractivity contribution in [2.24, 2.45) is 10.9 Å². The lowest BCUT2D eigenvalue weighted by Crippen LogP contribution is -2.10. The van der Waals surface area contributed by atoms with Crippen LogP contribution in [0, 0.1) is 5.92 Å². The Kier molecular flexibility index (Phi) is 9.69. The van der Waals surface area contributed by atoms with E-state index in [0.717, 1.165) is 43.4 Å². The molecule has 0 aliphatic carbocycles. The second-order valence-electron chi connectivity index (χ2n) is 4.61. The fourth-order valence-corrected chi connectivity index (χ4v) is 2.23. The lowest BCUT2D eigenvalue weighted by Gasteiger charge is -2.17. The Balaban J connectivity index is 5.01. The summed E-state index contributed by atoms with van der Waals surface area (Å²) in [6, 6.07) is 0. The first-order valence-electron chi connectivity index (χ1n) is 7.09. The third-order valence-corrected chi connectivity index (χ3v) is 3.26.